The zero-order chi connectivity index (χ0) is 10.1. The van der Waals surface area contributed by atoms with Gasteiger partial charge in [-0.2, -0.15) is 20.5 Å². The lowest BCUT2D eigenvalue weighted by atomic mass is 10.2. The van der Waals surface area contributed by atoms with E-state index in [1.165, 1.54) is 0 Å². The van der Waals surface area contributed by atoms with Crippen molar-refractivity contribution in [2.45, 2.75) is 0 Å². The van der Waals surface area contributed by atoms with Gasteiger partial charge in [0, 0.05) is 12.4 Å². The van der Waals surface area contributed by atoms with Gasteiger partial charge in [0.15, 0.2) is 5.82 Å². The van der Waals surface area contributed by atoms with Gasteiger partial charge in [0.25, 0.3) is 0 Å². The van der Waals surface area contributed by atoms with Crippen molar-refractivity contribution in [3.8, 4) is 22.8 Å². The maximum Gasteiger partial charge on any atom is 0.156 e. The highest BCUT2D eigenvalue weighted by Crippen LogP contribution is 2.25. The van der Waals surface area contributed by atoms with Crippen molar-refractivity contribution >= 4 is 0 Å². The Morgan fingerprint density at radius 3 is 2.87 bits per heavy atom. The number of H-pyrrole nitrogens is 3. The van der Waals surface area contributed by atoms with Crippen molar-refractivity contribution in [2.24, 2.45) is 0 Å². The molecular weight excluding hydrogens is 194 g/mol. The summed E-state index contributed by atoms with van der Waals surface area (Å²) >= 11 is 0. The molecule has 15 heavy (non-hydrogen) atoms. The van der Waals surface area contributed by atoms with Crippen LogP contribution in [0, 0.1) is 0 Å². The lowest BCUT2D eigenvalue weighted by molar-refractivity contribution is 0.942. The van der Waals surface area contributed by atoms with E-state index in [1.54, 1.807) is 24.8 Å². The maximum atomic E-state index is 4.14. The molecule has 0 aliphatic carbocycles. The number of imidazole rings is 1. The Kier molecular flexibility index (Phi) is 1.61. The highest BCUT2D eigenvalue weighted by molar-refractivity contribution is 5.74. The second kappa shape index (κ2) is 3.05. The molecular formula is C8H7N7. The summed E-state index contributed by atoms with van der Waals surface area (Å²) in [7, 11) is 0. The zero-order valence-electron chi connectivity index (χ0n) is 7.60. The number of hydrogen-bond donors (Lipinski definition) is 3. The van der Waals surface area contributed by atoms with E-state index < -0.39 is 0 Å². The predicted octanol–water partition coefficient (Wildman–Crippen LogP) is 0.585. The van der Waals surface area contributed by atoms with Crippen molar-refractivity contribution in [2.75, 3.05) is 0 Å². The summed E-state index contributed by atoms with van der Waals surface area (Å²) in [6, 6.07) is 0. The van der Waals surface area contributed by atoms with E-state index in [1.807, 2.05) is 0 Å². The first-order valence-corrected chi connectivity index (χ1v) is 4.34. The van der Waals surface area contributed by atoms with Crippen molar-refractivity contribution < 1.29 is 0 Å². The van der Waals surface area contributed by atoms with Gasteiger partial charge in [0.2, 0.25) is 0 Å². The third-order valence-electron chi connectivity index (χ3n) is 2.07. The molecule has 3 rings (SSSR count). The molecule has 3 N–H and O–H groups in total. The van der Waals surface area contributed by atoms with Crippen molar-refractivity contribution in [3.05, 3.63) is 24.8 Å². The molecule has 0 saturated carbocycles. The first-order chi connectivity index (χ1) is 7.45. The highest BCUT2D eigenvalue weighted by Gasteiger charge is 2.13. The average Bonchev–Trinajstić information content (AvgIpc) is 3.01. The predicted molar refractivity (Wildman–Crippen MR) is 51.5 cm³/mol. The minimum atomic E-state index is 0.727. The molecule has 3 heterocycles. The second-order valence-corrected chi connectivity index (χ2v) is 2.95. The summed E-state index contributed by atoms with van der Waals surface area (Å²) in [4.78, 5) is 7.15. The molecule has 74 valence electrons. The molecule has 0 aliphatic rings. The van der Waals surface area contributed by atoms with Crippen LogP contribution < -0.4 is 0 Å². The van der Waals surface area contributed by atoms with E-state index in [2.05, 4.69) is 35.6 Å². The number of nitrogens with one attached hydrogen (secondary N) is 3. The fourth-order valence-corrected chi connectivity index (χ4v) is 1.39. The van der Waals surface area contributed by atoms with Gasteiger partial charge in [-0.15, -0.1) is 0 Å². The number of nitrogens with zero attached hydrogens (tertiary/aromatic N) is 4. The van der Waals surface area contributed by atoms with Crippen LogP contribution in [0.1, 0.15) is 0 Å². The fourth-order valence-electron chi connectivity index (χ4n) is 1.39. The molecule has 0 amide bonds. The molecule has 0 unspecified atom stereocenters. The molecule has 0 aromatic carbocycles. The third-order valence-corrected chi connectivity index (χ3v) is 2.07. The zero-order valence-corrected chi connectivity index (χ0v) is 7.60. The minimum absolute atomic E-state index is 0.727. The smallest absolute Gasteiger partial charge is 0.156 e. The van der Waals surface area contributed by atoms with E-state index in [0.717, 1.165) is 22.8 Å². The highest BCUT2D eigenvalue weighted by atomic mass is 15.3. The van der Waals surface area contributed by atoms with E-state index in [-0.39, 0.29) is 0 Å². The first-order valence-electron chi connectivity index (χ1n) is 4.34. The van der Waals surface area contributed by atoms with Gasteiger partial charge in [-0.25, -0.2) is 4.98 Å². The van der Waals surface area contributed by atoms with Crippen molar-refractivity contribution in [1.29, 1.82) is 0 Å². The van der Waals surface area contributed by atoms with Crippen LogP contribution in [0.15, 0.2) is 24.8 Å². The van der Waals surface area contributed by atoms with Crippen molar-refractivity contribution in [3.63, 3.8) is 0 Å². The van der Waals surface area contributed by atoms with Gasteiger partial charge in [0.1, 0.15) is 11.4 Å². The molecule has 0 saturated heterocycles. The molecule has 0 aliphatic heterocycles. The van der Waals surface area contributed by atoms with Crippen LogP contribution in [0.4, 0.5) is 0 Å². The van der Waals surface area contributed by atoms with Gasteiger partial charge >= 0.3 is 0 Å². The lowest BCUT2D eigenvalue weighted by Gasteiger charge is -1.94. The summed E-state index contributed by atoms with van der Waals surface area (Å²) < 4.78 is 0. The summed E-state index contributed by atoms with van der Waals surface area (Å²) in [6.45, 7) is 0. The third kappa shape index (κ3) is 1.21. The van der Waals surface area contributed by atoms with E-state index in [9.17, 15) is 0 Å². The largest absolute Gasteiger partial charge is 0.343 e. The minimum Gasteiger partial charge on any atom is -0.343 e. The second-order valence-electron chi connectivity index (χ2n) is 2.95. The Bertz CT molecular complexity index is 485. The Morgan fingerprint density at radius 1 is 1.13 bits per heavy atom. The van der Waals surface area contributed by atoms with Crippen LogP contribution >= 0.6 is 0 Å². The maximum absolute atomic E-state index is 4.14. The summed E-state index contributed by atoms with van der Waals surface area (Å²) in [5.74, 6) is 0.727. The van der Waals surface area contributed by atoms with Gasteiger partial charge in [-0.05, 0) is 0 Å². The number of aromatic amines is 3. The number of aromatic nitrogens is 7. The Labute approximate surface area is 84.0 Å². The Balaban J connectivity index is 2.15. The Morgan fingerprint density at radius 2 is 2.13 bits per heavy atom. The quantitative estimate of drug-likeness (QED) is 0.564. The van der Waals surface area contributed by atoms with Gasteiger partial charge < -0.3 is 4.98 Å². The topological polar surface area (TPSA) is 98.9 Å². The normalized spacial score (nSPS) is 10.7. The molecule has 0 atom stereocenters. The Hall–Kier alpha value is -2.44. The molecule has 0 spiro atoms. The van der Waals surface area contributed by atoms with Crippen LogP contribution in [0.25, 0.3) is 22.8 Å². The molecule has 7 heteroatoms. The summed E-state index contributed by atoms with van der Waals surface area (Å²) in [6.07, 6.45) is 6.76. The van der Waals surface area contributed by atoms with E-state index in [0.29, 0.717) is 0 Å². The van der Waals surface area contributed by atoms with Crippen LogP contribution in [0.2, 0.25) is 0 Å². The first kappa shape index (κ1) is 7.92. The SMILES string of the molecule is c1c[nH]c(-c2[nH]ncc2-c2cn[nH]n2)n1. The van der Waals surface area contributed by atoms with Crippen LogP contribution in [0.3, 0.4) is 0 Å². The lowest BCUT2D eigenvalue weighted by Crippen LogP contribution is -1.84. The average molecular weight is 201 g/mol. The van der Waals surface area contributed by atoms with Crippen LogP contribution in [0.5, 0.6) is 0 Å². The summed E-state index contributed by atoms with van der Waals surface area (Å²) in [5.41, 5.74) is 2.39. The molecule has 3 aromatic rings. The van der Waals surface area contributed by atoms with Gasteiger partial charge in [-0.1, -0.05) is 0 Å². The molecule has 7 nitrogen and oxygen atoms in total. The monoisotopic (exact) mass is 201 g/mol. The molecule has 3 aromatic heterocycles. The van der Waals surface area contributed by atoms with Gasteiger partial charge in [-0.3, -0.25) is 5.10 Å². The molecule has 0 bridgehead atoms. The van der Waals surface area contributed by atoms with Crippen molar-refractivity contribution in [1.82, 2.24) is 35.6 Å². The molecule has 0 fully saturated rings. The van der Waals surface area contributed by atoms with E-state index >= 15 is 0 Å². The summed E-state index contributed by atoms with van der Waals surface area (Å²) in [5, 5.41) is 17.1. The van der Waals surface area contributed by atoms with Crippen LogP contribution in [-0.4, -0.2) is 35.6 Å². The number of rotatable bonds is 2. The molecule has 0 radical (unpaired) electrons. The van der Waals surface area contributed by atoms with Gasteiger partial charge in [0.05, 0.1) is 18.0 Å². The standard InChI is InChI=1S/C8H7N7/c1-2-10-8(9-1)7-5(3-11-14-7)6-4-12-15-13-6/h1-4H,(H,9,10)(H,11,14)(H,12,13,15). The van der Waals surface area contributed by atoms with E-state index in [4.69, 9.17) is 0 Å². The fraction of sp³-hybridized carbons (Fsp3) is 0. The number of hydrogen-bond acceptors (Lipinski definition) is 4. The van der Waals surface area contributed by atoms with Crippen LogP contribution in [-0.2, 0) is 0 Å².